The van der Waals surface area contributed by atoms with Crippen LogP contribution in [0.15, 0.2) is 12.3 Å². The highest BCUT2D eigenvalue weighted by Gasteiger charge is 2.10. The number of carbonyl (C=O) groups is 1. The molecule has 2 N–H and O–H groups in total. The average Bonchev–Trinajstić information content (AvgIpc) is 2.16. The number of aromatic carboxylic acids is 1. The van der Waals surface area contributed by atoms with Crippen molar-refractivity contribution >= 4 is 5.97 Å². The van der Waals surface area contributed by atoms with E-state index in [2.05, 4.69) is 16.8 Å². The van der Waals surface area contributed by atoms with Crippen LogP contribution in [0.2, 0.25) is 0 Å². The molecular weight excluding hydrogens is 189 g/mol. The summed E-state index contributed by atoms with van der Waals surface area (Å²) in [6, 6.07) is 1.01. The summed E-state index contributed by atoms with van der Waals surface area (Å²) in [7, 11) is 0. The summed E-state index contributed by atoms with van der Waals surface area (Å²) in [4.78, 5) is 14.0. The maximum atomic E-state index is 12.8. The fraction of sp³-hybridized carbons (Fsp3) is 0.111. The quantitative estimate of drug-likeness (QED) is 0.630. The van der Waals surface area contributed by atoms with Gasteiger partial charge in [-0.3, -0.25) is 0 Å². The Bertz CT molecular complexity index is 420. The second kappa shape index (κ2) is 4.35. The highest BCUT2D eigenvalue weighted by atomic mass is 19.1. The van der Waals surface area contributed by atoms with E-state index in [9.17, 15) is 9.18 Å². The molecule has 0 aliphatic carbocycles. The zero-order valence-corrected chi connectivity index (χ0v) is 6.99. The molecule has 0 spiro atoms. The molecular formula is C9H6FNO3. The molecule has 1 aromatic rings. The summed E-state index contributed by atoms with van der Waals surface area (Å²) in [6.45, 7) is -0.360. The number of rotatable bonds is 1. The van der Waals surface area contributed by atoms with Crippen molar-refractivity contribution in [2.24, 2.45) is 0 Å². The third-order valence-electron chi connectivity index (χ3n) is 1.38. The molecule has 0 amide bonds. The largest absolute Gasteiger partial charge is 0.478 e. The number of carboxylic acid groups (broad SMARTS) is 1. The number of hydrogen-bond acceptors (Lipinski definition) is 3. The lowest BCUT2D eigenvalue weighted by molar-refractivity contribution is 0.0691. The van der Waals surface area contributed by atoms with Gasteiger partial charge < -0.3 is 10.2 Å². The maximum absolute atomic E-state index is 12.8. The van der Waals surface area contributed by atoms with Gasteiger partial charge in [0.15, 0.2) is 5.82 Å². The molecule has 1 rings (SSSR count). The molecule has 0 saturated carbocycles. The number of carboxylic acids is 1. The number of halogens is 1. The summed E-state index contributed by atoms with van der Waals surface area (Å²) in [5.41, 5.74) is -0.375. The molecule has 1 aromatic heterocycles. The van der Waals surface area contributed by atoms with E-state index in [-0.39, 0.29) is 12.3 Å². The first kappa shape index (κ1) is 10.2. The fourth-order valence-corrected chi connectivity index (χ4v) is 0.801. The van der Waals surface area contributed by atoms with Gasteiger partial charge in [0, 0.05) is 0 Å². The van der Waals surface area contributed by atoms with Crippen LogP contribution in [0.5, 0.6) is 0 Å². The van der Waals surface area contributed by atoms with Gasteiger partial charge in [0.05, 0.1) is 11.8 Å². The second-order valence-corrected chi connectivity index (χ2v) is 2.31. The van der Waals surface area contributed by atoms with Crippen LogP contribution in [0, 0.1) is 17.7 Å². The summed E-state index contributed by atoms with van der Waals surface area (Å²) in [6.07, 6.45) is 0.783. The fourth-order valence-electron chi connectivity index (χ4n) is 0.801. The van der Waals surface area contributed by atoms with Crippen molar-refractivity contribution in [3.63, 3.8) is 0 Å². The molecule has 4 nitrogen and oxygen atoms in total. The lowest BCUT2D eigenvalue weighted by atomic mass is 10.2. The maximum Gasteiger partial charge on any atom is 0.338 e. The molecule has 1 heterocycles. The third kappa shape index (κ3) is 2.28. The van der Waals surface area contributed by atoms with Gasteiger partial charge in [-0.2, -0.15) is 0 Å². The first-order valence-corrected chi connectivity index (χ1v) is 3.63. The van der Waals surface area contributed by atoms with Crippen LogP contribution in [0.4, 0.5) is 4.39 Å². The average molecular weight is 195 g/mol. The van der Waals surface area contributed by atoms with Crippen LogP contribution >= 0.6 is 0 Å². The van der Waals surface area contributed by atoms with Gasteiger partial charge in [-0.1, -0.05) is 5.92 Å². The third-order valence-corrected chi connectivity index (χ3v) is 1.38. The molecule has 72 valence electrons. The molecule has 0 fully saturated rings. The van der Waals surface area contributed by atoms with Crippen molar-refractivity contribution in [1.82, 2.24) is 4.98 Å². The van der Waals surface area contributed by atoms with E-state index >= 15 is 0 Å². The van der Waals surface area contributed by atoms with Gasteiger partial charge in [0.1, 0.15) is 12.3 Å². The topological polar surface area (TPSA) is 70.4 Å². The highest BCUT2D eigenvalue weighted by Crippen LogP contribution is 2.06. The molecule has 0 saturated heterocycles. The standard InChI is InChI=1S/C9H6FNO3/c10-8-5-11-6(2-1-3-12)4-7(8)9(13)14/h4-5,12H,3H2,(H,13,14). The minimum Gasteiger partial charge on any atom is -0.478 e. The zero-order valence-electron chi connectivity index (χ0n) is 6.99. The zero-order chi connectivity index (χ0) is 10.6. The Morgan fingerprint density at radius 2 is 2.36 bits per heavy atom. The van der Waals surface area contributed by atoms with Crippen LogP contribution in [0.3, 0.4) is 0 Å². The van der Waals surface area contributed by atoms with Gasteiger partial charge in [0.25, 0.3) is 0 Å². The number of aromatic nitrogens is 1. The van der Waals surface area contributed by atoms with Crippen molar-refractivity contribution in [3.8, 4) is 11.8 Å². The number of pyridine rings is 1. The number of aliphatic hydroxyl groups is 1. The van der Waals surface area contributed by atoms with Crippen molar-refractivity contribution in [1.29, 1.82) is 0 Å². The molecule has 0 bridgehead atoms. The molecule has 0 aromatic carbocycles. The number of aliphatic hydroxyl groups excluding tert-OH is 1. The van der Waals surface area contributed by atoms with Gasteiger partial charge in [-0.25, -0.2) is 14.2 Å². The molecule has 0 aliphatic heterocycles. The Hall–Kier alpha value is -1.93. The van der Waals surface area contributed by atoms with E-state index < -0.39 is 17.3 Å². The Morgan fingerprint density at radius 1 is 1.64 bits per heavy atom. The molecule has 0 unspecified atom stereocenters. The Labute approximate surface area is 79.0 Å². The smallest absolute Gasteiger partial charge is 0.338 e. The van der Waals surface area contributed by atoms with Crippen molar-refractivity contribution in [2.75, 3.05) is 6.61 Å². The van der Waals surface area contributed by atoms with Crippen LogP contribution in [-0.2, 0) is 0 Å². The summed E-state index contributed by atoms with van der Waals surface area (Å²) in [5.74, 6) is 2.37. The first-order valence-electron chi connectivity index (χ1n) is 3.63. The predicted molar refractivity (Wildman–Crippen MR) is 45.1 cm³/mol. The van der Waals surface area contributed by atoms with Crippen molar-refractivity contribution in [3.05, 3.63) is 29.3 Å². The van der Waals surface area contributed by atoms with E-state index in [4.69, 9.17) is 10.2 Å². The molecule has 5 heteroatoms. The summed E-state index contributed by atoms with van der Waals surface area (Å²) < 4.78 is 12.8. The number of nitrogens with zero attached hydrogens (tertiary/aromatic N) is 1. The summed E-state index contributed by atoms with van der Waals surface area (Å²) >= 11 is 0. The summed E-state index contributed by atoms with van der Waals surface area (Å²) in [5, 5.41) is 16.9. The van der Waals surface area contributed by atoms with Crippen LogP contribution < -0.4 is 0 Å². The van der Waals surface area contributed by atoms with E-state index in [0.29, 0.717) is 0 Å². The van der Waals surface area contributed by atoms with Crippen LogP contribution in [0.1, 0.15) is 16.1 Å². The van der Waals surface area contributed by atoms with Crippen molar-refractivity contribution < 1.29 is 19.4 Å². The molecule has 0 aliphatic rings. The molecule has 0 radical (unpaired) electrons. The highest BCUT2D eigenvalue weighted by molar-refractivity contribution is 5.88. The number of hydrogen-bond donors (Lipinski definition) is 2. The second-order valence-electron chi connectivity index (χ2n) is 2.31. The Kier molecular flexibility index (Phi) is 3.15. The van der Waals surface area contributed by atoms with Gasteiger partial charge in [-0.15, -0.1) is 0 Å². The van der Waals surface area contributed by atoms with E-state index in [1.807, 2.05) is 0 Å². The Morgan fingerprint density at radius 3 is 2.93 bits per heavy atom. The molecule has 0 atom stereocenters. The van der Waals surface area contributed by atoms with Gasteiger partial charge in [-0.05, 0) is 12.0 Å². The minimum atomic E-state index is -1.38. The van der Waals surface area contributed by atoms with Crippen LogP contribution in [-0.4, -0.2) is 27.8 Å². The van der Waals surface area contributed by atoms with Gasteiger partial charge in [0.2, 0.25) is 0 Å². The van der Waals surface area contributed by atoms with E-state index in [1.165, 1.54) is 0 Å². The van der Waals surface area contributed by atoms with E-state index in [1.54, 1.807) is 0 Å². The van der Waals surface area contributed by atoms with E-state index in [0.717, 1.165) is 12.3 Å². The van der Waals surface area contributed by atoms with Crippen molar-refractivity contribution in [2.45, 2.75) is 0 Å². The normalized spacial score (nSPS) is 9.00. The lowest BCUT2D eigenvalue weighted by Crippen LogP contribution is -2.02. The van der Waals surface area contributed by atoms with Crippen LogP contribution in [0.25, 0.3) is 0 Å². The predicted octanol–water partition coefficient (Wildman–Crippen LogP) is 0.263. The SMILES string of the molecule is O=C(O)c1cc(C#CCO)ncc1F. The minimum absolute atomic E-state index is 0.109. The molecule has 14 heavy (non-hydrogen) atoms. The Balaban J connectivity index is 3.13. The lowest BCUT2D eigenvalue weighted by Gasteiger charge is -1.96. The first-order chi connectivity index (χ1) is 6.65. The monoisotopic (exact) mass is 195 g/mol. The van der Waals surface area contributed by atoms with Gasteiger partial charge >= 0.3 is 5.97 Å².